The molecule has 0 bridgehead atoms. The quantitative estimate of drug-likeness (QED) is 0.873. The molecule has 2 N–H and O–H groups in total. The fourth-order valence-corrected chi connectivity index (χ4v) is 1.39. The Labute approximate surface area is 97.4 Å². The molecule has 0 aliphatic rings. The van der Waals surface area contributed by atoms with Crippen LogP contribution in [-0.4, -0.2) is 26.5 Å². The average molecular weight is 286 g/mol. The van der Waals surface area contributed by atoms with Gasteiger partial charge in [-0.2, -0.15) is 5.21 Å². The number of hydrogen-bond donors (Lipinski definition) is 2. The largest absolute Gasteiger partial charge is 0.317 e. The summed E-state index contributed by atoms with van der Waals surface area (Å²) in [5.74, 6) is -1.33. The highest BCUT2D eigenvalue weighted by Crippen LogP contribution is 2.20. The third kappa shape index (κ3) is 2.22. The van der Waals surface area contributed by atoms with Crippen molar-refractivity contribution < 1.29 is 9.18 Å². The number of nitrogens with one attached hydrogen (secondary N) is 2. The highest BCUT2D eigenvalue weighted by molar-refractivity contribution is 9.10. The Morgan fingerprint density at radius 3 is 3.00 bits per heavy atom. The van der Waals surface area contributed by atoms with E-state index in [4.69, 9.17) is 0 Å². The average Bonchev–Trinajstić information content (AvgIpc) is 2.76. The molecule has 0 fully saturated rings. The van der Waals surface area contributed by atoms with Gasteiger partial charge in [0.2, 0.25) is 0 Å². The maximum absolute atomic E-state index is 13.3. The lowest BCUT2D eigenvalue weighted by Gasteiger charge is -2.03. The molecule has 6 nitrogen and oxygen atoms in total. The van der Waals surface area contributed by atoms with E-state index >= 15 is 0 Å². The van der Waals surface area contributed by atoms with Crippen LogP contribution in [0.3, 0.4) is 0 Å². The number of aromatic nitrogens is 4. The first-order valence-electron chi connectivity index (χ1n) is 4.16. The normalized spacial score (nSPS) is 10.1. The maximum Gasteiger partial charge on any atom is 0.297 e. The Bertz CT molecular complexity index is 515. The van der Waals surface area contributed by atoms with Crippen LogP contribution in [0.4, 0.5) is 10.1 Å². The van der Waals surface area contributed by atoms with Crippen LogP contribution in [0, 0.1) is 5.82 Å². The van der Waals surface area contributed by atoms with Crippen molar-refractivity contribution >= 4 is 27.5 Å². The summed E-state index contributed by atoms with van der Waals surface area (Å²) in [6.07, 6.45) is 0. The summed E-state index contributed by atoms with van der Waals surface area (Å²) in [6, 6.07) is 4.20. The molecule has 1 heterocycles. The number of hydrogen-bond acceptors (Lipinski definition) is 4. The second kappa shape index (κ2) is 4.35. The van der Waals surface area contributed by atoms with Crippen molar-refractivity contribution in [3.05, 3.63) is 34.3 Å². The van der Waals surface area contributed by atoms with Crippen molar-refractivity contribution in [2.45, 2.75) is 0 Å². The number of tetrazole rings is 1. The molecule has 0 unspecified atom stereocenters. The predicted molar refractivity (Wildman–Crippen MR) is 56.2 cm³/mol. The van der Waals surface area contributed by atoms with Gasteiger partial charge in [0.25, 0.3) is 11.7 Å². The first-order valence-corrected chi connectivity index (χ1v) is 4.96. The first-order chi connectivity index (χ1) is 7.66. The number of halogens is 2. The van der Waals surface area contributed by atoms with Gasteiger partial charge < -0.3 is 5.32 Å². The second-order valence-electron chi connectivity index (χ2n) is 2.81. The van der Waals surface area contributed by atoms with E-state index in [2.05, 4.69) is 41.9 Å². The van der Waals surface area contributed by atoms with Crippen molar-refractivity contribution in [2.75, 3.05) is 5.32 Å². The molecule has 0 aliphatic carbocycles. The maximum atomic E-state index is 13.3. The molecule has 0 saturated carbocycles. The van der Waals surface area contributed by atoms with Gasteiger partial charge in [-0.15, -0.1) is 10.2 Å². The molecule has 1 aromatic carbocycles. The fourth-order valence-electron chi connectivity index (χ4n) is 1.03. The second-order valence-corrected chi connectivity index (χ2v) is 3.73. The summed E-state index contributed by atoms with van der Waals surface area (Å²) in [6.45, 7) is 0. The molecule has 0 spiro atoms. The van der Waals surface area contributed by atoms with Crippen LogP contribution in [0.1, 0.15) is 10.6 Å². The number of amides is 1. The van der Waals surface area contributed by atoms with Gasteiger partial charge in [-0.05, 0) is 23.4 Å². The summed E-state index contributed by atoms with van der Waals surface area (Å²) in [4.78, 5) is 11.5. The molecule has 82 valence electrons. The monoisotopic (exact) mass is 285 g/mol. The molecule has 0 saturated heterocycles. The molecular formula is C8H5BrFN5O. The van der Waals surface area contributed by atoms with Crippen LogP contribution >= 0.6 is 15.9 Å². The van der Waals surface area contributed by atoms with Crippen LogP contribution in [0.25, 0.3) is 0 Å². The summed E-state index contributed by atoms with van der Waals surface area (Å²) < 4.78 is 13.9. The standard InChI is InChI=1S/C8H5BrFN5O/c9-4-1-2-5(10)6(3-4)11-8(16)7-12-14-15-13-7/h1-3H,(H,11,16)(H,12,13,14,15). The molecule has 1 aromatic heterocycles. The van der Waals surface area contributed by atoms with Crippen molar-refractivity contribution in [3.8, 4) is 0 Å². The number of carbonyl (C=O) groups is 1. The van der Waals surface area contributed by atoms with Gasteiger partial charge in [0.15, 0.2) is 0 Å². The lowest BCUT2D eigenvalue weighted by molar-refractivity contribution is 0.101. The number of rotatable bonds is 2. The van der Waals surface area contributed by atoms with Crippen LogP contribution in [0.2, 0.25) is 0 Å². The van der Waals surface area contributed by atoms with Crippen LogP contribution in [0.15, 0.2) is 22.7 Å². The Morgan fingerprint density at radius 1 is 1.50 bits per heavy atom. The molecule has 1 amide bonds. The van der Waals surface area contributed by atoms with Crippen LogP contribution in [0.5, 0.6) is 0 Å². The molecular weight excluding hydrogens is 281 g/mol. The van der Waals surface area contributed by atoms with Gasteiger partial charge in [-0.25, -0.2) is 4.39 Å². The summed E-state index contributed by atoms with van der Waals surface area (Å²) in [7, 11) is 0. The molecule has 0 atom stereocenters. The minimum absolute atomic E-state index is 0.0455. The highest BCUT2D eigenvalue weighted by atomic mass is 79.9. The first kappa shape index (κ1) is 10.7. The van der Waals surface area contributed by atoms with Gasteiger partial charge in [0, 0.05) is 4.47 Å². The van der Waals surface area contributed by atoms with Crippen molar-refractivity contribution in [2.24, 2.45) is 0 Å². The SMILES string of the molecule is O=C(Nc1cc(Br)ccc1F)c1nn[nH]n1. The number of anilines is 1. The Morgan fingerprint density at radius 2 is 2.31 bits per heavy atom. The molecule has 2 aromatic rings. The van der Waals surface area contributed by atoms with E-state index in [9.17, 15) is 9.18 Å². The Balaban J connectivity index is 2.21. The zero-order valence-electron chi connectivity index (χ0n) is 7.74. The smallest absolute Gasteiger partial charge is 0.297 e. The van der Waals surface area contributed by atoms with E-state index in [1.807, 2.05) is 0 Å². The zero-order chi connectivity index (χ0) is 11.5. The number of H-pyrrole nitrogens is 1. The van der Waals surface area contributed by atoms with Crippen molar-refractivity contribution in [3.63, 3.8) is 0 Å². The number of nitrogens with zero attached hydrogens (tertiary/aromatic N) is 3. The predicted octanol–water partition coefficient (Wildman–Crippen LogP) is 1.35. The minimum Gasteiger partial charge on any atom is -0.317 e. The number of carbonyl (C=O) groups excluding carboxylic acids is 1. The summed E-state index contributed by atoms with van der Waals surface area (Å²) in [5.41, 5.74) is 0.0455. The Hall–Kier alpha value is -1.83. The Kier molecular flexibility index (Phi) is 2.91. The van der Waals surface area contributed by atoms with Gasteiger partial charge >= 0.3 is 0 Å². The molecule has 0 aliphatic heterocycles. The van der Waals surface area contributed by atoms with Crippen molar-refractivity contribution in [1.29, 1.82) is 0 Å². The number of benzene rings is 1. The lowest BCUT2D eigenvalue weighted by Crippen LogP contribution is -2.14. The molecule has 8 heteroatoms. The molecule has 2 rings (SSSR count). The van der Waals surface area contributed by atoms with Gasteiger partial charge in [0.1, 0.15) is 5.82 Å². The molecule has 0 radical (unpaired) electrons. The fraction of sp³-hybridized carbons (Fsp3) is 0. The third-order valence-corrected chi connectivity index (χ3v) is 2.22. The minimum atomic E-state index is -0.634. The van der Waals surface area contributed by atoms with E-state index in [-0.39, 0.29) is 11.5 Å². The molecule has 16 heavy (non-hydrogen) atoms. The van der Waals surface area contributed by atoms with Gasteiger partial charge in [0.05, 0.1) is 5.69 Å². The summed E-state index contributed by atoms with van der Waals surface area (Å²) >= 11 is 3.17. The van der Waals surface area contributed by atoms with E-state index < -0.39 is 11.7 Å². The summed E-state index contributed by atoms with van der Waals surface area (Å²) in [5, 5.41) is 14.6. The van der Waals surface area contributed by atoms with Crippen LogP contribution in [-0.2, 0) is 0 Å². The van der Waals surface area contributed by atoms with E-state index in [1.165, 1.54) is 18.2 Å². The topological polar surface area (TPSA) is 83.6 Å². The van der Waals surface area contributed by atoms with Gasteiger partial charge in [-0.3, -0.25) is 4.79 Å². The zero-order valence-corrected chi connectivity index (χ0v) is 9.32. The van der Waals surface area contributed by atoms with Gasteiger partial charge in [-0.1, -0.05) is 15.9 Å². The highest BCUT2D eigenvalue weighted by Gasteiger charge is 2.13. The van der Waals surface area contributed by atoms with E-state index in [1.54, 1.807) is 0 Å². The van der Waals surface area contributed by atoms with Crippen LogP contribution < -0.4 is 5.32 Å². The van der Waals surface area contributed by atoms with E-state index in [0.29, 0.717) is 4.47 Å². The number of aromatic amines is 1. The third-order valence-electron chi connectivity index (χ3n) is 1.73. The lowest BCUT2D eigenvalue weighted by atomic mass is 10.3. The van der Waals surface area contributed by atoms with E-state index in [0.717, 1.165) is 0 Å². The van der Waals surface area contributed by atoms with Crippen molar-refractivity contribution in [1.82, 2.24) is 20.6 Å².